The minimum absolute atomic E-state index is 0.439. The lowest BCUT2D eigenvalue weighted by Crippen LogP contribution is -2.35. The molecule has 0 spiro atoms. The first kappa shape index (κ1) is 9.02. The third-order valence-electron chi connectivity index (χ3n) is 2.53. The zero-order chi connectivity index (χ0) is 9.47. The van der Waals surface area contributed by atoms with Crippen LogP contribution in [0.15, 0.2) is 11.3 Å². The molecule has 0 aliphatic carbocycles. The Hall–Kier alpha value is -0.550. The lowest BCUT2D eigenvalue weighted by molar-refractivity contribution is 0.219. The maximum absolute atomic E-state index is 11.2. The Morgan fingerprint density at radius 1 is 1.38 bits per heavy atom. The van der Waals surface area contributed by atoms with Gasteiger partial charge >= 0.3 is 0 Å². The van der Waals surface area contributed by atoms with Crippen molar-refractivity contribution < 1.29 is 13.2 Å². The van der Waals surface area contributed by atoms with Crippen LogP contribution in [0.4, 0.5) is 0 Å². The summed E-state index contributed by atoms with van der Waals surface area (Å²) < 4.78 is 29.3. The standard InChI is InChI=1S/C8H13NO3S/c1-13(10,11)9-4-2-7-3-5-12-8(7)6-9/h2-6H2,1H3. The molecule has 13 heavy (non-hydrogen) atoms. The van der Waals surface area contributed by atoms with E-state index in [9.17, 15) is 8.42 Å². The van der Waals surface area contributed by atoms with Crippen molar-refractivity contribution in [3.05, 3.63) is 11.3 Å². The first-order valence-electron chi connectivity index (χ1n) is 4.36. The van der Waals surface area contributed by atoms with Crippen LogP contribution >= 0.6 is 0 Å². The summed E-state index contributed by atoms with van der Waals surface area (Å²) in [5.74, 6) is 0.886. The van der Waals surface area contributed by atoms with E-state index in [0.29, 0.717) is 13.1 Å². The molecule has 74 valence electrons. The van der Waals surface area contributed by atoms with Crippen molar-refractivity contribution in [1.82, 2.24) is 4.31 Å². The summed E-state index contributed by atoms with van der Waals surface area (Å²) in [4.78, 5) is 0. The smallest absolute Gasteiger partial charge is 0.211 e. The molecule has 0 N–H and O–H groups in total. The van der Waals surface area contributed by atoms with Crippen LogP contribution < -0.4 is 0 Å². The van der Waals surface area contributed by atoms with E-state index in [1.54, 1.807) is 0 Å². The molecule has 0 amide bonds. The summed E-state index contributed by atoms with van der Waals surface area (Å²) in [5.41, 5.74) is 1.31. The average molecular weight is 203 g/mol. The highest BCUT2D eigenvalue weighted by molar-refractivity contribution is 7.88. The molecule has 0 bridgehead atoms. The summed E-state index contributed by atoms with van der Waals surface area (Å²) in [6.07, 6.45) is 3.06. The van der Waals surface area contributed by atoms with Gasteiger partial charge in [0.15, 0.2) is 0 Å². The Morgan fingerprint density at radius 2 is 2.15 bits per heavy atom. The molecule has 4 nitrogen and oxygen atoms in total. The third kappa shape index (κ3) is 1.71. The summed E-state index contributed by atoms with van der Waals surface area (Å²) in [7, 11) is -3.05. The van der Waals surface area contributed by atoms with Gasteiger partial charge in [-0.25, -0.2) is 8.42 Å². The van der Waals surface area contributed by atoms with E-state index in [1.807, 2.05) is 0 Å². The molecule has 0 aromatic rings. The van der Waals surface area contributed by atoms with Crippen molar-refractivity contribution in [2.45, 2.75) is 12.8 Å². The Labute approximate surface area is 78.2 Å². The number of hydrogen-bond donors (Lipinski definition) is 0. The quantitative estimate of drug-likeness (QED) is 0.617. The molecule has 2 heterocycles. The van der Waals surface area contributed by atoms with Gasteiger partial charge in [0.2, 0.25) is 10.0 Å². The Balaban J connectivity index is 2.17. The molecular formula is C8H13NO3S. The Kier molecular flexibility index (Phi) is 2.08. The molecule has 0 radical (unpaired) electrons. The topological polar surface area (TPSA) is 46.6 Å². The average Bonchev–Trinajstić information content (AvgIpc) is 2.47. The largest absolute Gasteiger partial charge is 0.496 e. The third-order valence-corrected chi connectivity index (χ3v) is 3.78. The molecule has 0 saturated carbocycles. The summed E-state index contributed by atoms with van der Waals surface area (Å²) in [5, 5.41) is 0. The minimum atomic E-state index is -3.05. The van der Waals surface area contributed by atoms with Crippen molar-refractivity contribution in [1.29, 1.82) is 0 Å². The van der Waals surface area contributed by atoms with E-state index in [0.717, 1.165) is 25.2 Å². The second-order valence-corrected chi connectivity index (χ2v) is 5.45. The number of sulfonamides is 1. The van der Waals surface area contributed by atoms with Gasteiger partial charge in [-0.05, 0) is 12.0 Å². The molecule has 0 atom stereocenters. The second kappa shape index (κ2) is 2.99. The Bertz CT molecular complexity index is 344. The van der Waals surface area contributed by atoms with Crippen LogP contribution in [0.1, 0.15) is 12.8 Å². The molecule has 0 fully saturated rings. The molecule has 2 aliphatic rings. The van der Waals surface area contributed by atoms with Crippen molar-refractivity contribution in [3.8, 4) is 0 Å². The SMILES string of the molecule is CS(=O)(=O)N1CCC2=C(C1)OCC2. The number of hydrogen-bond acceptors (Lipinski definition) is 3. The number of ether oxygens (including phenoxy) is 1. The van der Waals surface area contributed by atoms with Crippen LogP contribution in [0.2, 0.25) is 0 Å². The van der Waals surface area contributed by atoms with Gasteiger partial charge in [-0.1, -0.05) is 0 Å². The van der Waals surface area contributed by atoms with Crippen LogP contribution in [-0.4, -0.2) is 38.7 Å². The van der Waals surface area contributed by atoms with E-state index < -0.39 is 10.0 Å². The highest BCUT2D eigenvalue weighted by atomic mass is 32.2. The molecular weight excluding hydrogens is 190 g/mol. The van der Waals surface area contributed by atoms with E-state index in [2.05, 4.69) is 0 Å². The van der Waals surface area contributed by atoms with Gasteiger partial charge in [-0.2, -0.15) is 4.31 Å². The van der Waals surface area contributed by atoms with Crippen LogP contribution in [0.5, 0.6) is 0 Å². The van der Waals surface area contributed by atoms with Gasteiger partial charge in [0.1, 0.15) is 5.76 Å². The van der Waals surface area contributed by atoms with Crippen molar-refractivity contribution >= 4 is 10.0 Å². The van der Waals surface area contributed by atoms with Crippen molar-refractivity contribution in [3.63, 3.8) is 0 Å². The summed E-state index contributed by atoms with van der Waals surface area (Å²) in [6, 6.07) is 0. The molecule has 2 rings (SSSR count). The van der Waals surface area contributed by atoms with Crippen LogP contribution in [0, 0.1) is 0 Å². The van der Waals surface area contributed by atoms with Gasteiger partial charge in [-0.3, -0.25) is 0 Å². The molecule has 0 saturated heterocycles. The zero-order valence-electron chi connectivity index (χ0n) is 7.62. The lowest BCUT2D eigenvalue weighted by atomic mass is 10.1. The van der Waals surface area contributed by atoms with Gasteiger partial charge in [-0.15, -0.1) is 0 Å². The Morgan fingerprint density at radius 3 is 2.85 bits per heavy atom. The van der Waals surface area contributed by atoms with Crippen LogP contribution in [0.3, 0.4) is 0 Å². The fraction of sp³-hybridized carbons (Fsp3) is 0.750. The fourth-order valence-corrected chi connectivity index (χ4v) is 2.52. The van der Waals surface area contributed by atoms with Crippen LogP contribution in [-0.2, 0) is 14.8 Å². The van der Waals surface area contributed by atoms with E-state index in [-0.39, 0.29) is 0 Å². The van der Waals surface area contributed by atoms with E-state index in [4.69, 9.17) is 4.74 Å². The molecule has 0 unspecified atom stereocenters. The monoisotopic (exact) mass is 203 g/mol. The van der Waals surface area contributed by atoms with Gasteiger partial charge in [0.25, 0.3) is 0 Å². The van der Waals surface area contributed by atoms with E-state index >= 15 is 0 Å². The first-order chi connectivity index (χ1) is 6.07. The normalized spacial score (nSPS) is 24.4. The summed E-state index contributed by atoms with van der Waals surface area (Å²) in [6.45, 7) is 1.78. The van der Waals surface area contributed by atoms with Crippen molar-refractivity contribution in [2.24, 2.45) is 0 Å². The molecule has 0 aromatic heterocycles. The zero-order valence-corrected chi connectivity index (χ0v) is 8.43. The fourth-order valence-electron chi connectivity index (χ4n) is 1.74. The second-order valence-electron chi connectivity index (χ2n) is 3.47. The van der Waals surface area contributed by atoms with E-state index in [1.165, 1.54) is 16.1 Å². The minimum Gasteiger partial charge on any atom is -0.496 e. The van der Waals surface area contributed by atoms with Crippen molar-refractivity contribution in [2.75, 3.05) is 26.0 Å². The molecule has 5 heteroatoms. The maximum Gasteiger partial charge on any atom is 0.211 e. The van der Waals surface area contributed by atoms with Gasteiger partial charge < -0.3 is 4.74 Å². The van der Waals surface area contributed by atoms with Gasteiger partial charge in [0.05, 0.1) is 19.4 Å². The molecule has 2 aliphatic heterocycles. The summed E-state index contributed by atoms with van der Waals surface area (Å²) >= 11 is 0. The highest BCUT2D eigenvalue weighted by Crippen LogP contribution is 2.27. The van der Waals surface area contributed by atoms with Crippen LogP contribution in [0.25, 0.3) is 0 Å². The molecule has 0 aromatic carbocycles. The maximum atomic E-state index is 11.2. The highest BCUT2D eigenvalue weighted by Gasteiger charge is 2.28. The lowest BCUT2D eigenvalue weighted by Gasteiger charge is -2.24. The first-order valence-corrected chi connectivity index (χ1v) is 6.21. The number of rotatable bonds is 1. The predicted octanol–water partition coefficient (Wildman–Crippen LogP) is 0.326. The number of nitrogens with zero attached hydrogens (tertiary/aromatic N) is 1. The van der Waals surface area contributed by atoms with Gasteiger partial charge in [0, 0.05) is 13.0 Å². The predicted molar refractivity (Wildman–Crippen MR) is 48.6 cm³/mol.